The summed E-state index contributed by atoms with van der Waals surface area (Å²) in [5, 5.41) is 5.82. The second-order valence-electron chi connectivity index (χ2n) is 7.20. The zero-order valence-corrected chi connectivity index (χ0v) is 19.9. The number of carbonyl (C=O) groups is 2. The van der Waals surface area contributed by atoms with E-state index in [4.69, 9.17) is 17.0 Å². The number of rotatable bonds is 7. The highest BCUT2D eigenvalue weighted by atomic mass is 79.9. The van der Waals surface area contributed by atoms with E-state index in [1.165, 1.54) is 11.8 Å². The largest absolute Gasteiger partial charge is 0.493 e. The Bertz CT molecular complexity index is 916. The first-order valence-corrected chi connectivity index (χ1v) is 10.8. The first-order valence-electron chi connectivity index (χ1n) is 9.56. The maximum atomic E-state index is 12.8. The van der Waals surface area contributed by atoms with Crippen molar-refractivity contribution < 1.29 is 14.3 Å². The van der Waals surface area contributed by atoms with E-state index in [0.29, 0.717) is 29.5 Å². The van der Waals surface area contributed by atoms with Crippen LogP contribution in [0.1, 0.15) is 37.6 Å². The first-order chi connectivity index (χ1) is 14.2. The minimum atomic E-state index is -0.360. The Morgan fingerprint density at radius 3 is 2.43 bits per heavy atom. The van der Waals surface area contributed by atoms with E-state index in [9.17, 15) is 9.59 Å². The molecule has 0 atom stereocenters. The van der Waals surface area contributed by atoms with E-state index < -0.39 is 0 Å². The van der Waals surface area contributed by atoms with Gasteiger partial charge >= 0.3 is 0 Å². The van der Waals surface area contributed by atoms with E-state index >= 15 is 0 Å². The van der Waals surface area contributed by atoms with Gasteiger partial charge < -0.3 is 15.0 Å². The van der Waals surface area contributed by atoms with Gasteiger partial charge in [0.15, 0.2) is 5.11 Å². The Morgan fingerprint density at radius 1 is 1.17 bits per heavy atom. The maximum Gasteiger partial charge on any atom is 0.261 e. The molecule has 2 N–H and O–H groups in total. The molecule has 0 saturated carbocycles. The van der Waals surface area contributed by atoms with Crippen LogP contribution >= 0.6 is 28.1 Å². The zero-order valence-electron chi connectivity index (χ0n) is 17.5. The number of nitrogens with zero attached hydrogens (tertiary/aromatic N) is 1. The molecule has 2 amide bonds. The van der Waals surface area contributed by atoms with Gasteiger partial charge in [-0.05, 0) is 67.0 Å². The lowest BCUT2D eigenvalue weighted by atomic mass is 10.1. The van der Waals surface area contributed by atoms with Crippen molar-refractivity contribution in [3.8, 4) is 5.75 Å². The first kappa shape index (κ1) is 23.8. The number of ether oxygens (including phenoxy) is 1. The average Bonchev–Trinajstić information content (AvgIpc) is 2.68. The summed E-state index contributed by atoms with van der Waals surface area (Å²) in [4.78, 5) is 25.7. The quantitative estimate of drug-likeness (QED) is 0.534. The summed E-state index contributed by atoms with van der Waals surface area (Å²) in [7, 11) is 1.70. The van der Waals surface area contributed by atoms with Gasteiger partial charge in [0.1, 0.15) is 5.75 Å². The highest BCUT2D eigenvalue weighted by Gasteiger charge is 2.15. The van der Waals surface area contributed by atoms with E-state index in [0.717, 1.165) is 16.6 Å². The Labute approximate surface area is 191 Å². The fraction of sp³-hybridized carbons (Fsp3) is 0.318. The second kappa shape index (κ2) is 11.1. The van der Waals surface area contributed by atoms with Crippen molar-refractivity contribution >= 4 is 56.4 Å². The SMILES string of the molecule is CC(=O)N(C)c1ccc(NC(=S)NC(=O)c2cc(Br)ccc2OCCC(C)C)cc1. The number of hydrogen-bond acceptors (Lipinski definition) is 4. The molecule has 6 nitrogen and oxygen atoms in total. The predicted octanol–water partition coefficient (Wildman–Crippen LogP) is 4.98. The fourth-order valence-corrected chi connectivity index (χ4v) is 3.06. The minimum absolute atomic E-state index is 0.0565. The van der Waals surface area contributed by atoms with E-state index in [-0.39, 0.29) is 16.9 Å². The van der Waals surface area contributed by atoms with Crippen LogP contribution in [-0.4, -0.2) is 30.6 Å². The normalized spacial score (nSPS) is 10.5. The topological polar surface area (TPSA) is 70.7 Å². The monoisotopic (exact) mass is 491 g/mol. The van der Waals surface area contributed by atoms with Crippen LogP contribution in [0.5, 0.6) is 5.75 Å². The molecule has 0 bridgehead atoms. The molecule has 0 radical (unpaired) electrons. The molecule has 2 aromatic carbocycles. The third kappa shape index (κ3) is 7.11. The number of nitrogens with one attached hydrogen (secondary N) is 2. The number of anilines is 2. The number of halogens is 1. The van der Waals surface area contributed by atoms with Crippen molar-refractivity contribution in [2.45, 2.75) is 27.2 Å². The van der Waals surface area contributed by atoms with Gasteiger partial charge in [-0.3, -0.25) is 14.9 Å². The van der Waals surface area contributed by atoms with Crippen molar-refractivity contribution in [1.82, 2.24) is 5.32 Å². The Morgan fingerprint density at radius 2 is 1.83 bits per heavy atom. The molecule has 0 fully saturated rings. The van der Waals surface area contributed by atoms with Crippen molar-refractivity contribution in [2.75, 3.05) is 23.9 Å². The molecule has 160 valence electrons. The number of benzene rings is 2. The van der Waals surface area contributed by atoms with Gasteiger partial charge in [-0.1, -0.05) is 29.8 Å². The van der Waals surface area contributed by atoms with Gasteiger partial charge in [-0.25, -0.2) is 0 Å². The van der Waals surface area contributed by atoms with Crippen molar-refractivity contribution in [1.29, 1.82) is 0 Å². The lowest BCUT2D eigenvalue weighted by molar-refractivity contribution is -0.116. The summed E-state index contributed by atoms with van der Waals surface area (Å²) in [6.45, 7) is 6.27. The van der Waals surface area contributed by atoms with Gasteiger partial charge in [-0.2, -0.15) is 0 Å². The molecule has 0 aliphatic rings. The van der Waals surface area contributed by atoms with Gasteiger partial charge in [0.25, 0.3) is 5.91 Å². The molecular formula is C22H26BrN3O3S. The number of thiocarbonyl (C=S) groups is 1. The smallest absolute Gasteiger partial charge is 0.261 e. The van der Waals surface area contributed by atoms with Crippen molar-refractivity contribution in [3.63, 3.8) is 0 Å². The molecule has 2 rings (SSSR count). The van der Waals surface area contributed by atoms with E-state index in [2.05, 4.69) is 40.4 Å². The van der Waals surface area contributed by atoms with Crippen LogP contribution < -0.4 is 20.3 Å². The molecular weight excluding hydrogens is 466 g/mol. The molecule has 0 unspecified atom stereocenters. The molecule has 2 aromatic rings. The van der Waals surface area contributed by atoms with Crippen LogP contribution in [0, 0.1) is 5.92 Å². The number of carbonyl (C=O) groups excluding carboxylic acids is 2. The van der Waals surface area contributed by atoms with Crippen LogP contribution in [0.15, 0.2) is 46.9 Å². The van der Waals surface area contributed by atoms with Crippen LogP contribution in [0.4, 0.5) is 11.4 Å². The van der Waals surface area contributed by atoms with Gasteiger partial charge in [0.05, 0.1) is 12.2 Å². The molecule has 0 aliphatic carbocycles. The fourth-order valence-electron chi connectivity index (χ4n) is 2.49. The Balaban J connectivity index is 2.02. The molecule has 0 aromatic heterocycles. The Kier molecular flexibility index (Phi) is 8.80. The predicted molar refractivity (Wildman–Crippen MR) is 128 cm³/mol. The lowest BCUT2D eigenvalue weighted by Gasteiger charge is -2.16. The number of hydrogen-bond donors (Lipinski definition) is 2. The lowest BCUT2D eigenvalue weighted by Crippen LogP contribution is -2.34. The summed E-state index contributed by atoms with van der Waals surface area (Å²) in [6.07, 6.45) is 0.895. The zero-order chi connectivity index (χ0) is 22.3. The van der Waals surface area contributed by atoms with Crippen LogP contribution in [-0.2, 0) is 4.79 Å². The minimum Gasteiger partial charge on any atom is -0.493 e. The molecule has 0 heterocycles. The average molecular weight is 492 g/mol. The summed E-state index contributed by atoms with van der Waals surface area (Å²) in [5.41, 5.74) is 1.86. The second-order valence-corrected chi connectivity index (χ2v) is 8.53. The van der Waals surface area contributed by atoms with Crippen LogP contribution in [0.25, 0.3) is 0 Å². The summed E-state index contributed by atoms with van der Waals surface area (Å²) >= 11 is 8.67. The third-order valence-electron chi connectivity index (χ3n) is 4.35. The van der Waals surface area contributed by atoms with E-state index in [1.807, 2.05) is 6.07 Å². The van der Waals surface area contributed by atoms with Gasteiger partial charge in [0, 0.05) is 29.8 Å². The third-order valence-corrected chi connectivity index (χ3v) is 5.05. The van der Waals surface area contributed by atoms with Crippen LogP contribution in [0.3, 0.4) is 0 Å². The summed E-state index contributed by atoms with van der Waals surface area (Å²) in [6, 6.07) is 12.5. The number of amides is 2. The summed E-state index contributed by atoms with van der Waals surface area (Å²) < 4.78 is 6.57. The standard InChI is InChI=1S/C22H26BrN3O3S/c1-14(2)11-12-29-20-10-5-16(23)13-19(20)21(28)25-22(30)24-17-6-8-18(9-7-17)26(4)15(3)27/h5-10,13-14H,11-12H2,1-4H3,(H2,24,25,28,30). The molecule has 30 heavy (non-hydrogen) atoms. The molecule has 0 aliphatic heterocycles. The molecule has 8 heteroatoms. The van der Waals surface area contributed by atoms with Crippen LogP contribution in [0.2, 0.25) is 0 Å². The van der Waals surface area contributed by atoms with Crippen molar-refractivity contribution in [3.05, 3.63) is 52.5 Å². The highest BCUT2D eigenvalue weighted by molar-refractivity contribution is 9.10. The summed E-state index contributed by atoms with van der Waals surface area (Å²) in [5.74, 6) is 0.604. The van der Waals surface area contributed by atoms with Crippen molar-refractivity contribution in [2.24, 2.45) is 5.92 Å². The Hall–Kier alpha value is -2.45. The maximum absolute atomic E-state index is 12.8. The molecule has 0 spiro atoms. The van der Waals surface area contributed by atoms with Gasteiger partial charge in [-0.15, -0.1) is 0 Å². The highest BCUT2D eigenvalue weighted by Crippen LogP contribution is 2.24. The van der Waals surface area contributed by atoms with Gasteiger partial charge in [0.2, 0.25) is 5.91 Å². The molecule has 0 saturated heterocycles. The van der Waals surface area contributed by atoms with E-state index in [1.54, 1.807) is 43.4 Å².